The monoisotopic (exact) mass is 396 g/mol. The molecule has 1 nitrogen and oxygen atoms in total. The van der Waals surface area contributed by atoms with Crippen LogP contribution in [0.25, 0.3) is 0 Å². The number of hydrogen-bond acceptors (Lipinski definition) is 1. The minimum atomic E-state index is -2.43. The van der Waals surface area contributed by atoms with Crippen molar-refractivity contribution < 1.29 is 26.4 Å². The molecule has 0 radical (unpaired) electrons. The fraction of sp³-hybridized carbons (Fsp3) is 0.684. The van der Waals surface area contributed by atoms with E-state index >= 15 is 0 Å². The third-order valence-electron chi connectivity index (χ3n) is 4.16. The molecule has 0 aliphatic rings. The van der Waals surface area contributed by atoms with Crippen LogP contribution in [0, 0.1) is 46.8 Å². The van der Waals surface area contributed by atoms with Gasteiger partial charge in [0.2, 0.25) is 5.82 Å². The van der Waals surface area contributed by atoms with Crippen molar-refractivity contribution in [1.29, 1.82) is 0 Å². The molecule has 26 heavy (non-hydrogen) atoms. The Labute approximate surface area is 154 Å². The second-order valence-corrected chi connectivity index (χ2v) is 12.2. The average Bonchev–Trinajstić information content (AvgIpc) is 2.48. The molecule has 0 heterocycles. The number of rotatable bonds is 9. The third kappa shape index (κ3) is 5.77. The Hall–Kier alpha value is -0.953. The summed E-state index contributed by atoms with van der Waals surface area (Å²) in [5.74, 6) is -8.65. The first-order chi connectivity index (χ1) is 11.9. The van der Waals surface area contributed by atoms with Crippen LogP contribution in [0.5, 0.6) is 0 Å². The van der Waals surface area contributed by atoms with E-state index in [9.17, 15) is 22.0 Å². The second kappa shape index (κ2) is 9.31. The highest BCUT2D eigenvalue weighted by molar-refractivity contribution is 6.74. The molecule has 0 unspecified atom stereocenters. The van der Waals surface area contributed by atoms with E-state index in [0.717, 1.165) is 18.1 Å². The van der Waals surface area contributed by atoms with Crippen molar-refractivity contribution in [2.45, 2.75) is 66.3 Å². The quantitative estimate of drug-likeness (QED) is 0.193. The van der Waals surface area contributed by atoms with E-state index in [1.54, 1.807) is 0 Å². The van der Waals surface area contributed by atoms with E-state index in [-0.39, 0.29) is 0 Å². The fourth-order valence-corrected chi connectivity index (χ4v) is 9.43. The first-order valence-electron chi connectivity index (χ1n) is 9.04. The third-order valence-corrected chi connectivity index (χ3v) is 9.60. The summed E-state index contributed by atoms with van der Waals surface area (Å²) in [6.45, 7) is 11.7. The van der Waals surface area contributed by atoms with Crippen LogP contribution in [0.3, 0.4) is 0 Å². The van der Waals surface area contributed by atoms with Gasteiger partial charge in [-0.15, -0.1) is 0 Å². The van der Waals surface area contributed by atoms with Crippen LogP contribution in [0.2, 0.25) is 18.1 Å². The molecule has 7 heteroatoms. The molecule has 150 valence electrons. The van der Waals surface area contributed by atoms with Crippen LogP contribution < -0.4 is 0 Å². The molecule has 1 rings (SSSR count). The Balaban J connectivity index is 3.24. The van der Waals surface area contributed by atoms with E-state index in [0.29, 0.717) is 17.8 Å². The van der Waals surface area contributed by atoms with Gasteiger partial charge < -0.3 is 4.43 Å². The van der Waals surface area contributed by atoms with Gasteiger partial charge in [-0.3, -0.25) is 0 Å². The molecular weight excluding hydrogens is 367 g/mol. The highest BCUT2D eigenvalue weighted by atomic mass is 28.4. The summed E-state index contributed by atoms with van der Waals surface area (Å²) < 4.78 is 74.1. The lowest BCUT2D eigenvalue weighted by Crippen LogP contribution is -2.42. The number of benzene rings is 1. The molecular formula is C19H29F5OSi. The van der Waals surface area contributed by atoms with Crippen molar-refractivity contribution in [3.63, 3.8) is 0 Å². The summed E-state index contributed by atoms with van der Waals surface area (Å²) in [7, 11) is -2.43. The van der Waals surface area contributed by atoms with Gasteiger partial charge in [0.25, 0.3) is 0 Å². The SMILES string of the molecule is CC(C)C[Si](CC(C)C)(CC(C)C)OCc1c(F)c(F)c(F)c(F)c1F. The van der Waals surface area contributed by atoms with Gasteiger partial charge >= 0.3 is 0 Å². The Morgan fingerprint density at radius 1 is 0.615 bits per heavy atom. The summed E-state index contributed by atoms with van der Waals surface area (Å²) in [4.78, 5) is 0. The van der Waals surface area contributed by atoms with Crippen molar-refractivity contribution in [3.05, 3.63) is 34.6 Å². The maximum atomic E-state index is 14.0. The van der Waals surface area contributed by atoms with Crippen LogP contribution in [-0.4, -0.2) is 8.32 Å². The molecule has 0 saturated heterocycles. The minimum Gasteiger partial charge on any atom is -0.412 e. The highest BCUT2D eigenvalue weighted by Crippen LogP contribution is 2.35. The van der Waals surface area contributed by atoms with Crippen LogP contribution in [-0.2, 0) is 11.0 Å². The predicted octanol–water partition coefficient (Wildman–Crippen LogP) is 6.81. The normalized spacial score (nSPS) is 12.7. The molecule has 0 spiro atoms. The standard InChI is InChI=1S/C19H29F5OSi/c1-11(2)8-26(9-12(3)4,10-13(5)6)25-7-14-15(20)17(22)19(24)18(23)16(14)21/h11-13H,7-10H2,1-6H3. The molecule has 0 N–H and O–H groups in total. The lowest BCUT2D eigenvalue weighted by Gasteiger charge is -2.36. The Kier molecular flexibility index (Phi) is 8.26. The summed E-state index contributed by atoms with van der Waals surface area (Å²) >= 11 is 0. The largest absolute Gasteiger partial charge is 0.412 e. The van der Waals surface area contributed by atoms with Crippen LogP contribution in [0.4, 0.5) is 22.0 Å². The topological polar surface area (TPSA) is 9.23 Å². The molecule has 0 fully saturated rings. The van der Waals surface area contributed by atoms with Crippen LogP contribution in [0.15, 0.2) is 0 Å². The van der Waals surface area contributed by atoms with Gasteiger partial charge in [0.15, 0.2) is 31.6 Å². The molecule has 1 aromatic carbocycles. The zero-order chi connectivity index (χ0) is 20.2. The number of hydrogen-bond donors (Lipinski definition) is 0. The van der Waals surface area contributed by atoms with E-state index in [2.05, 4.69) is 0 Å². The van der Waals surface area contributed by atoms with Crippen LogP contribution >= 0.6 is 0 Å². The first kappa shape index (κ1) is 23.1. The highest BCUT2D eigenvalue weighted by Gasteiger charge is 2.38. The minimum absolute atomic E-state index is 0.315. The van der Waals surface area contributed by atoms with E-state index in [4.69, 9.17) is 4.43 Å². The lowest BCUT2D eigenvalue weighted by molar-refractivity contribution is 0.253. The smallest absolute Gasteiger partial charge is 0.200 e. The molecule has 0 amide bonds. The predicted molar refractivity (Wildman–Crippen MR) is 95.7 cm³/mol. The van der Waals surface area contributed by atoms with Crippen molar-refractivity contribution >= 4 is 8.32 Å². The Morgan fingerprint density at radius 2 is 0.923 bits per heavy atom. The molecule has 0 aliphatic carbocycles. The van der Waals surface area contributed by atoms with Crippen molar-refractivity contribution in [1.82, 2.24) is 0 Å². The molecule has 1 aromatic rings. The van der Waals surface area contributed by atoms with Gasteiger partial charge in [-0.25, -0.2) is 22.0 Å². The van der Waals surface area contributed by atoms with Gasteiger partial charge in [-0.05, 0) is 35.9 Å². The lowest BCUT2D eigenvalue weighted by atomic mass is 10.2. The summed E-state index contributed by atoms with van der Waals surface area (Å²) in [6, 6.07) is 2.33. The maximum absolute atomic E-state index is 14.0. The van der Waals surface area contributed by atoms with Crippen molar-refractivity contribution in [3.8, 4) is 0 Å². The summed E-state index contributed by atoms with van der Waals surface area (Å²) in [5, 5.41) is 0. The second-order valence-electron chi connectivity index (χ2n) is 8.31. The van der Waals surface area contributed by atoms with Crippen molar-refractivity contribution in [2.75, 3.05) is 0 Å². The number of halogens is 5. The van der Waals surface area contributed by atoms with E-state index in [1.807, 2.05) is 41.5 Å². The molecule has 0 saturated carbocycles. The zero-order valence-electron chi connectivity index (χ0n) is 16.4. The van der Waals surface area contributed by atoms with Gasteiger partial charge in [0.1, 0.15) is 0 Å². The molecule has 0 aliphatic heterocycles. The van der Waals surface area contributed by atoms with Gasteiger partial charge in [0, 0.05) is 0 Å². The van der Waals surface area contributed by atoms with Gasteiger partial charge in [-0.2, -0.15) is 0 Å². The molecule has 0 bridgehead atoms. The summed E-state index contributed by atoms with van der Waals surface area (Å²) in [5.41, 5.74) is -0.880. The van der Waals surface area contributed by atoms with Crippen molar-refractivity contribution in [2.24, 2.45) is 17.8 Å². The fourth-order valence-electron chi connectivity index (χ4n) is 3.66. The average molecular weight is 397 g/mol. The zero-order valence-corrected chi connectivity index (χ0v) is 17.4. The van der Waals surface area contributed by atoms with Crippen LogP contribution in [0.1, 0.15) is 47.1 Å². The Morgan fingerprint density at radius 3 is 1.23 bits per heavy atom. The van der Waals surface area contributed by atoms with Gasteiger partial charge in [0.05, 0.1) is 12.2 Å². The molecule has 0 atom stereocenters. The van der Waals surface area contributed by atoms with E-state index in [1.165, 1.54) is 0 Å². The first-order valence-corrected chi connectivity index (χ1v) is 11.6. The van der Waals surface area contributed by atoms with Gasteiger partial charge in [-0.1, -0.05) is 41.5 Å². The van der Waals surface area contributed by atoms with E-state index < -0.39 is 49.6 Å². The summed E-state index contributed by atoms with van der Waals surface area (Å²) in [6.07, 6.45) is 0. The Bertz CT molecular complexity index is 561. The maximum Gasteiger partial charge on any atom is 0.200 e. The molecule has 0 aromatic heterocycles.